The van der Waals surface area contributed by atoms with Crippen molar-refractivity contribution in [1.82, 2.24) is 4.98 Å². The number of rotatable bonds is 2. The monoisotopic (exact) mass is 291 g/mol. The Bertz CT molecular complexity index is 552. The zero-order chi connectivity index (χ0) is 12.4. The Morgan fingerprint density at radius 1 is 1.06 bits per heavy atom. The predicted molar refractivity (Wildman–Crippen MR) is 72.7 cm³/mol. The minimum absolute atomic E-state index is 0.610. The molecule has 88 valence electrons. The van der Waals surface area contributed by atoms with E-state index in [1.54, 1.807) is 6.20 Å². The van der Waals surface area contributed by atoms with Crippen LogP contribution in [0.3, 0.4) is 0 Å². The lowest BCUT2D eigenvalue weighted by Gasteiger charge is -2.10. The van der Waals surface area contributed by atoms with Crippen LogP contribution < -0.4 is 4.74 Å². The van der Waals surface area contributed by atoms with E-state index >= 15 is 0 Å². The van der Waals surface area contributed by atoms with Gasteiger partial charge in [-0.05, 0) is 65.5 Å². The third kappa shape index (κ3) is 2.67. The largest absolute Gasteiger partial charge is 0.438 e. The molecule has 0 radical (unpaired) electrons. The number of hydrogen-bond acceptors (Lipinski definition) is 2. The summed E-state index contributed by atoms with van der Waals surface area (Å²) in [6.45, 7) is 6.09. The van der Waals surface area contributed by atoms with Gasteiger partial charge < -0.3 is 4.74 Å². The number of ether oxygens (including phenoxy) is 1. The molecule has 1 aromatic heterocycles. The topological polar surface area (TPSA) is 22.1 Å². The second-order valence-corrected chi connectivity index (χ2v) is 4.91. The van der Waals surface area contributed by atoms with E-state index in [4.69, 9.17) is 4.74 Å². The summed E-state index contributed by atoms with van der Waals surface area (Å²) in [6.07, 6.45) is 1.75. The maximum absolute atomic E-state index is 5.84. The van der Waals surface area contributed by atoms with Gasteiger partial charge in [-0.2, -0.15) is 0 Å². The number of pyridine rings is 1. The van der Waals surface area contributed by atoms with Crippen LogP contribution >= 0.6 is 15.9 Å². The van der Waals surface area contributed by atoms with Crippen molar-refractivity contribution in [3.05, 3.63) is 51.6 Å². The average Bonchev–Trinajstić information content (AvgIpc) is 2.30. The van der Waals surface area contributed by atoms with Gasteiger partial charge in [0, 0.05) is 6.20 Å². The molecule has 1 aromatic carbocycles. The van der Waals surface area contributed by atoms with Crippen LogP contribution in [-0.2, 0) is 0 Å². The minimum atomic E-state index is 0.610. The van der Waals surface area contributed by atoms with Gasteiger partial charge in [0.1, 0.15) is 5.75 Å². The fraction of sp³-hybridized carbons (Fsp3) is 0.214. The zero-order valence-electron chi connectivity index (χ0n) is 10.1. The smallest absolute Gasteiger partial charge is 0.233 e. The average molecular weight is 292 g/mol. The summed E-state index contributed by atoms with van der Waals surface area (Å²) >= 11 is 3.49. The first-order chi connectivity index (χ1) is 8.08. The van der Waals surface area contributed by atoms with Crippen LogP contribution in [0, 0.1) is 20.8 Å². The summed E-state index contributed by atoms with van der Waals surface area (Å²) in [5, 5.41) is 0. The van der Waals surface area contributed by atoms with Gasteiger partial charge in [0.25, 0.3) is 0 Å². The summed E-state index contributed by atoms with van der Waals surface area (Å²) in [5.41, 5.74) is 3.39. The molecule has 2 nitrogen and oxygen atoms in total. The first-order valence-corrected chi connectivity index (χ1v) is 6.23. The van der Waals surface area contributed by atoms with Gasteiger partial charge >= 0.3 is 0 Å². The third-order valence-electron chi connectivity index (χ3n) is 2.60. The van der Waals surface area contributed by atoms with Crippen LogP contribution in [0.15, 0.2) is 34.9 Å². The van der Waals surface area contributed by atoms with E-state index in [9.17, 15) is 0 Å². The van der Waals surface area contributed by atoms with Crippen molar-refractivity contribution in [2.24, 2.45) is 0 Å². The molecule has 0 saturated heterocycles. The molecule has 17 heavy (non-hydrogen) atoms. The number of hydrogen-bond donors (Lipinski definition) is 0. The van der Waals surface area contributed by atoms with E-state index < -0.39 is 0 Å². The van der Waals surface area contributed by atoms with Crippen LogP contribution in [0.4, 0.5) is 0 Å². The molecule has 0 bridgehead atoms. The van der Waals surface area contributed by atoms with Crippen LogP contribution in [0.25, 0.3) is 0 Å². The Balaban J connectivity index is 2.38. The van der Waals surface area contributed by atoms with Crippen LogP contribution in [0.1, 0.15) is 16.7 Å². The van der Waals surface area contributed by atoms with E-state index in [0.29, 0.717) is 5.88 Å². The van der Waals surface area contributed by atoms with Gasteiger partial charge in [0.15, 0.2) is 0 Å². The fourth-order valence-corrected chi connectivity index (χ4v) is 1.82. The first kappa shape index (κ1) is 12.1. The summed E-state index contributed by atoms with van der Waals surface area (Å²) < 4.78 is 6.75. The molecule has 3 heteroatoms. The highest BCUT2D eigenvalue weighted by atomic mass is 79.9. The zero-order valence-corrected chi connectivity index (χ0v) is 11.7. The molecule has 1 heterocycles. The van der Waals surface area contributed by atoms with Gasteiger partial charge in [-0.25, -0.2) is 4.98 Å². The molecular formula is C14H14BrNO. The lowest BCUT2D eigenvalue weighted by Crippen LogP contribution is -1.93. The molecule has 2 aromatic rings. The second-order valence-electron chi connectivity index (χ2n) is 4.12. The lowest BCUT2D eigenvalue weighted by atomic mass is 10.1. The van der Waals surface area contributed by atoms with Crippen molar-refractivity contribution in [2.75, 3.05) is 0 Å². The summed E-state index contributed by atoms with van der Waals surface area (Å²) in [4.78, 5) is 4.24. The van der Waals surface area contributed by atoms with Gasteiger partial charge in [-0.1, -0.05) is 12.1 Å². The van der Waals surface area contributed by atoms with Gasteiger partial charge in [0.05, 0.1) is 4.47 Å². The van der Waals surface area contributed by atoms with Crippen LogP contribution in [0.5, 0.6) is 11.6 Å². The van der Waals surface area contributed by atoms with E-state index in [1.165, 1.54) is 5.56 Å². The molecule has 0 amide bonds. The molecule has 0 fully saturated rings. The summed E-state index contributed by atoms with van der Waals surface area (Å²) in [5.74, 6) is 1.46. The van der Waals surface area contributed by atoms with E-state index in [-0.39, 0.29) is 0 Å². The highest BCUT2D eigenvalue weighted by Gasteiger charge is 2.08. The Kier molecular flexibility index (Phi) is 3.48. The van der Waals surface area contributed by atoms with Crippen molar-refractivity contribution in [2.45, 2.75) is 20.8 Å². The Labute approximate surface area is 110 Å². The van der Waals surface area contributed by atoms with Crippen LogP contribution in [0.2, 0.25) is 0 Å². The standard InChI is InChI=1S/C14H14BrNO/c1-9-4-5-10(2)12(8-9)17-14-13(15)11(3)6-7-16-14/h4-8H,1-3H3. The van der Waals surface area contributed by atoms with Crippen molar-refractivity contribution in [3.8, 4) is 11.6 Å². The molecule has 0 unspecified atom stereocenters. The molecule has 0 N–H and O–H groups in total. The number of aryl methyl sites for hydroxylation is 3. The van der Waals surface area contributed by atoms with Gasteiger partial charge in [-0.15, -0.1) is 0 Å². The normalized spacial score (nSPS) is 10.4. The van der Waals surface area contributed by atoms with Crippen LogP contribution in [-0.4, -0.2) is 4.98 Å². The molecule has 2 rings (SSSR count). The number of benzene rings is 1. The highest BCUT2D eigenvalue weighted by molar-refractivity contribution is 9.10. The molecule has 0 aliphatic carbocycles. The molecule has 0 atom stereocenters. The number of aromatic nitrogens is 1. The van der Waals surface area contributed by atoms with Crippen molar-refractivity contribution in [1.29, 1.82) is 0 Å². The second kappa shape index (κ2) is 4.88. The van der Waals surface area contributed by atoms with E-state index in [2.05, 4.69) is 27.0 Å². The SMILES string of the molecule is Cc1ccc(C)c(Oc2nccc(C)c2Br)c1. The Hall–Kier alpha value is -1.35. The highest BCUT2D eigenvalue weighted by Crippen LogP contribution is 2.31. The van der Waals surface area contributed by atoms with Crippen molar-refractivity contribution in [3.63, 3.8) is 0 Å². The molecular weight excluding hydrogens is 278 g/mol. The number of nitrogens with zero attached hydrogens (tertiary/aromatic N) is 1. The van der Waals surface area contributed by atoms with Gasteiger partial charge in [-0.3, -0.25) is 0 Å². The Morgan fingerprint density at radius 3 is 2.59 bits per heavy atom. The summed E-state index contributed by atoms with van der Waals surface area (Å²) in [6, 6.07) is 8.08. The maximum atomic E-state index is 5.84. The maximum Gasteiger partial charge on any atom is 0.233 e. The molecule has 0 aliphatic rings. The number of halogens is 1. The first-order valence-electron chi connectivity index (χ1n) is 5.44. The molecule has 0 aliphatic heterocycles. The Morgan fingerprint density at radius 2 is 1.82 bits per heavy atom. The van der Waals surface area contributed by atoms with E-state index in [1.807, 2.05) is 39.0 Å². The van der Waals surface area contributed by atoms with E-state index in [0.717, 1.165) is 21.3 Å². The summed E-state index contributed by atoms with van der Waals surface area (Å²) in [7, 11) is 0. The fourth-order valence-electron chi connectivity index (χ4n) is 1.51. The third-order valence-corrected chi connectivity index (χ3v) is 3.57. The van der Waals surface area contributed by atoms with Crippen molar-refractivity contribution < 1.29 is 4.74 Å². The quantitative estimate of drug-likeness (QED) is 0.809. The minimum Gasteiger partial charge on any atom is -0.438 e. The van der Waals surface area contributed by atoms with Crippen molar-refractivity contribution >= 4 is 15.9 Å². The van der Waals surface area contributed by atoms with Gasteiger partial charge in [0.2, 0.25) is 5.88 Å². The lowest BCUT2D eigenvalue weighted by molar-refractivity contribution is 0.455. The predicted octanol–water partition coefficient (Wildman–Crippen LogP) is 4.56. The molecule has 0 spiro atoms. The molecule has 0 saturated carbocycles.